The van der Waals surface area contributed by atoms with Crippen LogP contribution in [0.5, 0.6) is 5.75 Å². The fourth-order valence-electron chi connectivity index (χ4n) is 3.17. The van der Waals surface area contributed by atoms with Crippen LogP contribution in [0.1, 0.15) is 16.7 Å². The first-order valence-electron chi connectivity index (χ1n) is 9.58. The van der Waals surface area contributed by atoms with Crippen LogP contribution in [-0.4, -0.2) is 29.3 Å². The van der Waals surface area contributed by atoms with E-state index >= 15 is 0 Å². The molecule has 0 amide bonds. The second kappa shape index (κ2) is 10.1. The van der Waals surface area contributed by atoms with Crippen molar-refractivity contribution in [2.24, 2.45) is 0 Å². The van der Waals surface area contributed by atoms with Crippen molar-refractivity contribution in [3.8, 4) is 5.75 Å². The minimum absolute atomic E-state index is 0.127. The molecule has 0 heterocycles. The van der Waals surface area contributed by atoms with E-state index in [1.807, 2.05) is 66.4 Å². The van der Waals surface area contributed by atoms with Crippen molar-refractivity contribution >= 4 is 0 Å². The average Bonchev–Trinajstić information content (AvgIpc) is 2.70. The molecular weight excluding hydrogens is 372 g/mol. The zero-order valence-electron chi connectivity index (χ0n) is 16.4. The quantitative estimate of drug-likeness (QED) is 0.567. The number of para-hydroxylation sites is 1. The zero-order valence-corrected chi connectivity index (χ0v) is 16.4. The van der Waals surface area contributed by atoms with Crippen LogP contribution in [0.25, 0.3) is 0 Å². The molecule has 3 aromatic rings. The summed E-state index contributed by atoms with van der Waals surface area (Å²) in [7, 11) is 0. The summed E-state index contributed by atoms with van der Waals surface area (Å²) >= 11 is 0. The van der Waals surface area contributed by atoms with E-state index in [0.29, 0.717) is 12.1 Å². The van der Waals surface area contributed by atoms with Gasteiger partial charge in [-0.2, -0.15) is 0 Å². The van der Waals surface area contributed by atoms with Crippen molar-refractivity contribution in [2.45, 2.75) is 26.1 Å². The largest absolute Gasteiger partial charge is 0.491 e. The summed E-state index contributed by atoms with van der Waals surface area (Å²) < 4.78 is 33.1. The lowest BCUT2D eigenvalue weighted by molar-refractivity contribution is 0.0622. The molecule has 29 heavy (non-hydrogen) atoms. The van der Waals surface area contributed by atoms with Gasteiger partial charge in [0.1, 0.15) is 30.1 Å². The van der Waals surface area contributed by atoms with Gasteiger partial charge >= 0.3 is 0 Å². The molecule has 0 saturated heterocycles. The predicted molar refractivity (Wildman–Crippen MR) is 110 cm³/mol. The third-order valence-corrected chi connectivity index (χ3v) is 4.65. The molecule has 152 valence electrons. The van der Waals surface area contributed by atoms with E-state index in [9.17, 15) is 13.9 Å². The topological polar surface area (TPSA) is 32.7 Å². The minimum atomic E-state index is -0.762. The van der Waals surface area contributed by atoms with Gasteiger partial charge in [0.05, 0.1) is 0 Å². The van der Waals surface area contributed by atoms with E-state index in [-0.39, 0.29) is 19.7 Å². The Bertz CT molecular complexity index is 918. The smallest absolute Gasteiger partial charge is 0.130 e. The van der Waals surface area contributed by atoms with Crippen LogP contribution in [-0.2, 0) is 13.1 Å². The van der Waals surface area contributed by atoms with Gasteiger partial charge in [0.2, 0.25) is 0 Å². The Morgan fingerprint density at radius 3 is 2.38 bits per heavy atom. The van der Waals surface area contributed by atoms with Gasteiger partial charge in [-0.15, -0.1) is 0 Å². The Morgan fingerprint density at radius 1 is 0.931 bits per heavy atom. The molecule has 0 bridgehead atoms. The Morgan fingerprint density at radius 2 is 1.66 bits per heavy atom. The number of ether oxygens (including phenoxy) is 1. The van der Waals surface area contributed by atoms with Crippen LogP contribution in [0.15, 0.2) is 72.8 Å². The summed E-state index contributed by atoms with van der Waals surface area (Å²) in [5.74, 6) is -0.466. The second-order valence-electron chi connectivity index (χ2n) is 7.12. The number of hydrogen-bond donors (Lipinski definition) is 1. The molecule has 0 spiro atoms. The molecule has 3 nitrogen and oxygen atoms in total. The number of aryl methyl sites for hydroxylation is 1. The number of aliphatic hydroxyl groups excluding tert-OH is 1. The van der Waals surface area contributed by atoms with Crippen molar-refractivity contribution in [1.29, 1.82) is 0 Å². The van der Waals surface area contributed by atoms with Crippen LogP contribution >= 0.6 is 0 Å². The summed E-state index contributed by atoms with van der Waals surface area (Å²) in [5, 5.41) is 10.5. The lowest BCUT2D eigenvalue weighted by Crippen LogP contribution is -2.35. The molecular formula is C24H25F2NO2. The normalized spacial score (nSPS) is 12.2. The van der Waals surface area contributed by atoms with E-state index in [1.54, 1.807) is 0 Å². The van der Waals surface area contributed by atoms with Crippen molar-refractivity contribution in [3.63, 3.8) is 0 Å². The SMILES string of the molecule is Cc1ccccc1OC[C@@H](O)CN(Cc1ccccc1)Cc1ccc(F)cc1F. The van der Waals surface area contributed by atoms with Gasteiger partial charge in [0, 0.05) is 31.3 Å². The maximum atomic E-state index is 14.1. The Labute approximate surface area is 170 Å². The van der Waals surface area contributed by atoms with Crippen LogP contribution in [0.2, 0.25) is 0 Å². The van der Waals surface area contributed by atoms with Gasteiger partial charge in [-0.1, -0.05) is 54.6 Å². The maximum Gasteiger partial charge on any atom is 0.130 e. The third-order valence-electron chi connectivity index (χ3n) is 4.65. The molecule has 0 radical (unpaired) electrons. The fourth-order valence-corrected chi connectivity index (χ4v) is 3.17. The molecule has 0 saturated carbocycles. The predicted octanol–water partition coefficient (Wildman–Crippen LogP) is 4.72. The monoisotopic (exact) mass is 397 g/mol. The molecule has 0 aliphatic carbocycles. The highest BCUT2D eigenvalue weighted by Crippen LogP contribution is 2.18. The standard InChI is InChI=1S/C24H25F2NO2/c1-18-7-5-6-10-24(18)29-17-22(28)16-27(14-19-8-3-2-4-9-19)15-20-11-12-21(25)13-23(20)26/h2-13,22,28H,14-17H2,1H3/t22-/m0/s1. The first-order valence-corrected chi connectivity index (χ1v) is 9.58. The first-order chi connectivity index (χ1) is 14.0. The first kappa shape index (κ1) is 21.0. The van der Waals surface area contributed by atoms with Crippen molar-refractivity contribution < 1.29 is 18.6 Å². The summed E-state index contributed by atoms with van der Waals surface area (Å²) in [6.07, 6.45) is -0.762. The number of benzene rings is 3. The van der Waals surface area contributed by atoms with Gasteiger partial charge in [0.25, 0.3) is 0 Å². The molecule has 0 aliphatic heterocycles. The van der Waals surface area contributed by atoms with Gasteiger partial charge in [-0.25, -0.2) is 8.78 Å². The van der Waals surface area contributed by atoms with Crippen LogP contribution in [0.4, 0.5) is 8.78 Å². The molecule has 1 atom stereocenters. The number of halogens is 2. The Balaban J connectivity index is 1.67. The Hall–Kier alpha value is -2.76. The van der Waals surface area contributed by atoms with E-state index in [2.05, 4.69) is 0 Å². The molecule has 1 N–H and O–H groups in total. The minimum Gasteiger partial charge on any atom is -0.491 e. The highest BCUT2D eigenvalue weighted by Gasteiger charge is 2.16. The lowest BCUT2D eigenvalue weighted by Gasteiger charge is -2.26. The van der Waals surface area contributed by atoms with E-state index in [4.69, 9.17) is 4.74 Å². The lowest BCUT2D eigenvalue weighted by atomic mass is 10.1. The highest BCUT2D eigenvalue weighted by molar-refractivity contribution is 5.31. The number of hydrogen-bond acceptors (Lipinski definition) is 3. The summed E-state index contributed by atoms with van der Waals surface area (Å²) in [5.41, 5.74) is 2.42. The summed E-state index contributed by atoms with van der Waals surface area (Å²) in [6.45, 7) is 3.14. The van der Waals surface area contributed by atoms with E-state index < -0.39 is 17.7 Å². The van der Waals surface area contributed by atoms with Gasteiger partial charge in [-0.3, -0.25) is 4.90 Å². The molecule has 0 aliphatic rings. The highest BCUT2D eigenvalue weighted by atomic mass is 19.1. The molecule has 0 unspecified atom stereocenters. The van der Waals surface area contributed by atoms with Gasteiger partial charge in [0.15, 0.2) is 0 Å². The number of rotatable bonds is 9. The molecule has 0 aromatic heterocycles. The van der Waals surface area contributed by atoms with E-state index in [1.165, 1.54) is 12.1 Å². The summed E-state index contributed by atoms with van der Waals surface area (Å²) in [4.78, 5) is 1.93. The second-order valence-corrected chi connectivity index (χ2v) is 7.12. The van der Waals surface area contributed by atoms with Gasteiger partial charge < -0.3 is 9.84 Å². The van der Waals surface area contributed by atoms with Crippen LogP contribution < -0.4 is 4.74 Å². The summed E-state index contributed by atoms with van der Waals surface area (Å²) in [6, 6.07) is 20.9. The molecule has 5 heteroatoms. The third kappa shape index (κ3) is 6.38. The van der Waals surface area contributed by atoms with Crippen molar-refractivity contribution in [1.82, 2.24) is 4.90 Å². The van der Waals surface area contributed by atoms with Crippen molar-refractivity contribution in [2.75, 3.05) is 13.2 Å². The Kier molecular flexibility index (Phi) is 7.33. The van der Waals surface area contributed by atoms with E-state index in [0.717, 1.165) is 22.9 Å². The maximum absolute atomic E-state index is 14.1. The number of nitrogens with zero attached hydrogens (tertiary/aromatic N) is 1. The zero-order chi connectivity index (χ0) is 20.6. The fraction of sp³-hybridized carbons (Fsp3) is 0.250. The molecule has 0 fully saturated rings. The van der Waals surface area contributed by atoms with Gasteiger partial charge in [-0.05, 0) is 30.2 Å². The average molecular weight is 397 g/mol. The van der Waals surface area contributed by atoms with Crippen LogP contribution in [0.3, 0.4) is 0 Å². The molecule has 3 aromatic carbocycles. The van der Waals surface area contributed by atoms with Crippen molar-refractivity contribution in [3.05, 3.63) is 101 Å². The van der Waals surface area contributed by atoms with Crippen LogP contribution in [0, 0.1) is 18.6 Å². The molecule has 3 rings (SSSR count). The number of aliphatic hydroxyl groups is 1.